The van der Waals surface area contributed by atoms with Gasteiger partial charge in [0.15, 0.2) is 9.84 Å². The van der Waals surface area contributed by atoms with Crippen LogP contribution in [0.5, 0.6) is 0 Å². The molecule has 1 unspecified atom stereocenters. The molecular weight excluding hydrogens is 328 g/mol. The average molecular weight is 350 g/mol. The lowest BCUT2D eigenvalue weighted by molar-refractivity contribution is -0.153. The van der Waals surface area contributed by atoms with Crippen LogP contribution in [0.4, 0.5) is 0 Å². The van der Waals surface area contributed by atoms with Crippen molar-refractivity contribution in [3.05, 3.63) is 35.4 Å². The van der Waals surface area contributed by atoms with Gasteiger partial charge < -0.3 is 9.80 Å². The Labute approximate surface area is 142 Å². The maximum absolute atomic E-state index is 12.6. The van der Waals surface area contributed by atoms with Crippen molar-refractivity contribution < 1.29 is 18.0 Å². The summed E-state index contributed by atoms with van der Waals surface area (Å²) in [5, 5.41) is 0. The van der Waals surface area contributed by atoms with E-state index in [0.717, 1.165) is 12.0 Å². The third kappa shape index (κ3) is 3.31. The van der Waals surface area contributed by atoms with Gasteiger partial charge in [0.1, 0.15) is 0 Å². The third-order valence-electron chi connectivity index (χ3n) is 4.85. The lowest BCUT2D eigenvalue weighted by Crippen LogP contribution is -2.50. The van der Waals surface area contributed by atoms with Gasteiger partial charge in [0.05, 0.1) is 11.5 Å². The largest absolute Gasteiger partial charge is 0.331 e. The maximum atomic E-state index is 12.6. The first kappa shape index (κ1) is 17.0. The monoisotopic (exact) mass is 350 g/mol. The van der Waals surface area contributed by atoms with E-state index in [1.54, 1.807) is 11.8 Å². The minimum Gasteiger partial charge on any atom is -0.331 e. The van der Waals surface area contributed by atoms with E-state index in [1.807, 2.05) is 24.3 Å². The normalized spacial score (nSPS) is 22.0. The van der Waals surface area contributed by atoms with Gasteiger partial charge >= 0.3 is 11.8 Å². The van der Waals surface area contributed by atoms with E-state index in [9.17, 15) is 18.0 Å². The molecule has 0 spiro atoms. The Morgan fingerprint density at radius 2 is 1.96 bits per heavy atom. The number of hydrogen-bond donors (Lipinski definition) is 0. The van der Waals surface area contributed by atoms with Gasteiger partial charge in [-0.25, -0.2) is 8.42 Å². The first-order valence-corrected chi connectivity index (χ1v) is 10.1. The highest BCUT2D eigenvalue weighted by Gasteiger charge is 2.37. The zero-order valence-corrected chi connectivity index (χ0v) is 14.6. The summed E-state index contributed by atoms with van der Waals surface area (Å²) in [7, 11) is -3.09. The minimum absolute atomic E-state index is 0.0390. The van der Waals surface area contributed by atoms with Crippen LogP contribution in [0.2, 0.25) is 0 Å². The molecule has 1 atom stereocenters. The standard InChI is InChI=1S/C17H22N2O4S/c1-2-19(15-8-10-24(22,23)12-15)17(21)16(20)18-9-7-13-5-3-4-6-14(13)11-18/h3-6,15H,2,7-12H2,1H3. The predicted molar refractivity (Wildman–Crippen MR) is 90.0 cm³/mol. The second-order valence-corrected chi connectivity index (χ2v) is 8.62. The van der Waals surface area contributed by atoms with Crippen LogP contribution in [0.1, 0.15) is 24.5 Å². The first-order chi connectivity index (χ1) is 11.4. The fourth-order valence-corrected chi connectivity index (χ4v) is 5.25. The summed E-state index contributed by atoms with van der Waals surface area (Å²) in [6.07, 6.45) is 1.15. The van der Waals surface area contributed by atoms with E-state index in [1.165, 1.54) is 10.5 Å². The molecule has 130 valence electrons. The molecular formula is C17H22N2O4S. The summed E-state index contributed by atoms with van der Waals surface area (Å²) in [5.74, 6) is -1.07. The van der Waals surface area contributed by atoms with E-state index in [4.69, 9.17) is 0 Å². The Hall–Kier alpha value is -1.89. The number of likely N-dealkylation sites (N-methyl/N-ethyl adjacent to an activating group) is 1. The molecule has 1 saturated heterocycles. The lowest BCUT2D eigenvalue weighted by Gasteiger charge is -2.32. The highest BCUT2D eigenvalue weighted by atomic mass is 32.2. The maximum Gasteiger partial charge on any atom is 0.312 e. The Bertz CT molecular complexity index is 760. The molecule has 0 saturated carbocycles. The molecule has 7 heteroatoms. The number of benzene rings is 1. The number of rotatable bonds is 2. The van der Waals surface area contributed by atoms with E-state index in [-0.39, 0.29) is 17.5 Å². The van der Waals surface area contributed by atoms with Gasteiger partial charge in [-0.1, -0.05) is 24.3 Å². The molecule has 0 bridgehead atoms. The molecule has 24 heavy (non-hydrogen) atoms. The van der Waals surface area contributed by atoms with Crippen molar-refractivity contribution in [2.24, 2.45) is 0 Å². The zero-order chi connectivity index (χ0) is 17.3. The molecule has 2 aliphatic heterocycles. The van der Waals surface area contributed by atoms with Crippen LogP contribution in [-0.4, -0.2) is 60.7 Å². The van der Waals surface area contributed by atoms with Crippen LogP contribution in [0.15, 0.2) is 24.3 Å². The van der Waals surface area contributed by atoms with Crippen LogP contribution in [-0.2, 0) is 32.4 Å². The van der Waals surface area contributed by atoms with Gasteiger partial charge in [0.2, 0.25) is 0 Å². The number of nitrogens with zero attached hydrogens (tertiary/aromatic N) is 2. The van der Waals surface area contributed by atoms with Gasteiger partial charge in [0.25, 0.3) is 0 Å². The molecule has 1 aromatic rings. The number of fused-ring (bicyclic) bond motifs is 1. The Kier molecular flexibility index (Phi) is 4.62. The van der Waals surface area contributed by atoms with Crippen molar-refractivity contribution in [3.8, 4) is 0 Å². The minimum atomic E-state index is -3.09. The molecule has 2 heterocycles. The summed E-state index contributed by atoms with van der Waals surface area (Å²) in [4.78, 5) is 28.2. The molecule has 3 rings (SSSR count). The number of amides is 2. The predicted octanol–water partition coefficient (Wildman–Crippen LogP) is 0.607. The highest BCUT2D eigenvalue weighted by molar-refractivity contribution is 7.91. The number of carbonyl (C=O) groups excluding carboxylic acids is 2. The number of hydrogen-bond acceptors (Lipinski definition) is 4. The molecule has 0 radical (unpaired) electrons. The number of sulfone groups is 1. The SMILES string of the molecule is CCN(C(=O)C(=O)N1CCc2ccccc2C1)C1CCS(=O)(=O)C1. The van der Waals surface area contributed by atoms with Crippen molar-refractivity contribution in [2.45, 2.75) is 32.4 Å². The Balaban J connectivity index is 1.71. The fourth-order valence-electron chi connectivity index (χ4n) is 3.52. The van der Waals surface area contributed by atoms with Crippen molar-refractivity contribution >= 4 is 21.7 Å². The van der Waals surface area contributed by atoms with Crippen LogP contribution in [0.25, 0.3) is 0 Å². The van der Waals surface area contributed by atoms with Crippen molar-refractivity contribution in [1.29, 1.82) is 0 Å². The van der Waals surface area contributed by atoms with Gasteiger partial charge in [-0.2, -0.15) is 0 Å². The molecule has 2 amide bonds. The van der Waals surface area contributed by atoms with Crippen molar-refractivity contribution in [1.82, 2.24) is 9.80 Å². The highest BCUT2D eigenvalue weighted by Crippen LogP contribution is 2.21. The zero-order valence-electron chi connectivity index (χ0n) is 13.8. The van der Waals surface area contributed by atoms with E-state index < -0.39 is 21.7 Å². The van der Waals surface area contributed by atoms with E-state index >= 15 is 0 Å². The van der Waals surface area contributed by atoms with E-state index in [2.05, 4.69) is 0 Å². The number of carbonyl (C=O) groups is 2. The van der Waals surface area contributed by atoms with Crippen LogP contribution in [0.3, 0.4) is 0 Å². The molecule has 1 aromatic carbocycles. The lowest BCUT2D eigenvalue weighted by atomic mass is 10.00. The Morgan fingerprint density at radius 3 is 2.58 bits per heavy atom. The molecule has 0 aromatic heterocycles. The van der Waals surface area contributed by atoms with Crippen molar-refractivity contribution in [3.63, 3.8) is 0 Å². The molecule has 0 aliphatic carbocycles. The second-order valence-electron chi connectivity index (χ2n) is 6.39. The molecule has 0 N–H and O–H groups in total. The topological polar surface area (TPSA) is 74.8 Å². The summed E-state index contributed by atoms with van der Waals surface area (Å²) in [6.45, 7) is 3.07. The third-order valence-corrected chi connectivity index (χ3v) is 6.60. The molecule has 6 nitrogen and oxygen atoms in total. The Morgan fingerprint density at radius 1 is 1.25 bits per heavy atom. The van der Waals surface area contributed by atoms with Crippen LogP contribution >= 0.6 is 0 Å². The van der Waals surface area contributed by atoms with Gasteiger partial charge in [-0.15, -0.1) is 0 Å². The summed E-state index contributed by atoms with van der Waals surface area (Å²) < 4.78 is 23.3. The van der Waals surface area contributed by atoms with Gasteiger partial charge in [-0.3, -0.25) is 9.59 Å². The smallest absolute Gasteiger partial charge is 0.312 e. The average Bonchev–Trinajstić information content (AvgIpc) is 2.94. The summed E-state index contributed by atoms with van der Waals surface area (Å²) in [5.41, 5.74) is 2.28. The molecule has 1 fully saturated rings. The summed E-state index contributed by atoms with van der Waals surface area (Å²) >= 11 is 0. The molecule has 2 aliphatic rings. The fraction of sp³-hybridized carbons (Fsp3) is 0.529. The summed E-state index contributed by atoms with van der Waals surface area (Å²) in [6, 6.07) is 7.53. The quantitative estimate of drug-likeness (QED) is 0.733. The van der Waals surface area contributed by atoms with Crippen molar-refractivity contribution in [2.75, 3.05) is 24.6 Å². The van der Waals surface area contributed by atoms with Crippen LogP contribution < -0.4 is 0 Å². The second kappa shape index (κ2) is 6.55. The van der Waals surface area contributed by atoms with Gasteiger partial charge in [0, 0.05) is 25.7 Å². The van der Waals surface area contributed by atoms with Gasteiger partial charge in [-0.05, 0) is 30.9 Å². The van der Waals surface area contributed by atoms with Crippen LogP contribution in [0, 0.1) is 0 Å². The van der Waals surface area contributed by atoms with E-state index in [0.29, 0.717) is 26.1 Å². The first-order valence-electron chi connectivity index (χ1n) is 8.28.